The van der Waals surface area contributed by atoms with E-state index in [9.17, 15) is 0 Å². The fraction of sp³-hybridized carbons (Fsp3) is 0. The number of hydrogen-bond donors (Lipinski definition) is 0. The Bertz CT molecular complexity index is 2550. The molecule has 0 aliphatic carbocycles. The van der Waals surface area contributed by atoms with E-state index in [1.807, 2.05) is 24.3 Å². The molecule has 0 N–H and O–H groups in total. The first-order chi connectivity index (χ1) is 23.3. The van der Waals surface area contributed by atoms with Gasteiger partial charge in [0, 0.05) is 27.8 Å². The summed E-state index contributed by atoms with van der Waals surface area (Å²) in [5.74, 6) is 1.66. The van der Waals surface area contributed by atoms with E-state index in [2.05, 4.69) is 150 Å². The molecule has 9 aromatic rings. The Kier molecular flexibility index (Phi) is 6.43. The standard InChI is InChI=1S/C43H28N4/c1-2-12-36(13-3-1)47-40-17-9-8-16-39(40)45-43(47)33-25-20-31(21-26-33)30-18-23-32(24-19-30)41-37-14-6-7-15-38(37)44-42(46-41)35-27-22-29-10-4-5-11-34(29)28-35/h1-28H. The van der Waals surface area contributed by atoms with Gasteiger partial charge in [0.15, 0.2) is 5.82 Å². The highest BCUT2D eigenvalue weighted by atomic mass is 15.1. The molecule has 0 amide bonds. The molecular formula is C43H28N4. The lowest BCUT2D eigenvalue weighted by molar-refractivity contribution is 1.10. The molecule has 0 bridgehead atoms. The van der Waals surface area contributed by atoms with Crippen LogP contribution >= 0.6 is 0 Å². The van der Waals surface area contributed by atoms with Crippen molar-refractivity contribution in [3.8, 4) is 50.8 Å². The molecule has 4 nitrogen and oxygen atoms in total. The average molecular weight is 601 g/mol. The van der Waals surface area contributed by atoms with Gasteiger partial charge in [0.25, 0.3) is 0 Å². The zero-order chi connectivity index (χ0) is 31.2. The van der Waals surface area contributed by atoms with Gasteiger partial charge in [-0.1, -0.05) is 133 Å². The maximum absolute atomic E-state index is 5.13. The lowest BCUT2D eigenvalue weighted by Gasteiger charge is -2.11. The van der Waals surface area contributed by atoms with E-state index in [1.165, 1.54) is 10.8 Å². The van der Waals surface area contributed by atoms with Gasteiger partial charge in [-0.2, -0.15) is 0 Å². The van der Waals surface area contributed by atoms with Crippen molar-refractivity contribution < 1.29 is 0 Å². The Morgan fingerprint density at radius 3 is 1.77 bits per heavy atom. The van der Waals surface area contributed by atoms with Crippen LogP contribution in [0.2, 0.25) is 0 Å². The van der Waals surface area contributed by atoms with E-state index in [0.717, 1.165) is 72.8 Å². The average Bonchev–Trinajstić information content (AvgIpc) is 3.54. The number of aromatic nitrogens is 4. The summed E-state index contributed by atoms with van der Waals surface area (Å²) >= 11 is 0. The van der Waals surface area contributed by atoms with Gasteiger partial charge in [-0.3, -0.25) is 4.57 Å². The number of imidazole rings is 1. The van der Waals surface area contributed by atoms with E-state index in [1.54, 1.807) is 0 Å². The predicted octanol–water partition coefficient (Wildman–Crippen LogP) is 10.8. The summed E-state index contributed by atoms with van der Waals surface area (Å²) in [5, 5.41) is 3.42. The molecule has 2 heterocycles. The molecule has 4 heteroatoms. The van der Waals surface area contributed by atoms with E-state index < -0.39 is 0 Å². The Hall–Kier alpha value is -6.39. The van der Waals surface area contributed by atoms with Gasteiger partial charge in [0.1, 0.15) is 5.82 Å². The van der Waals surface area contributed by atoms with Gasteiger partial charge in [0.2, 0.25) is 0 Å². The van der Waals surface area contributed by atoms with Crippen LogP contribution in [0.1, 0.15) is 0 Å². The first-order valence-electron chi connectivity index (χ1n) is 15.8. The number of para-hydroxylation sites is 4. The second kappa shape index (κ2) is 11.2. The Labute approximate surface area is 272 Å². The van der Waals surface area contributed by atoms with Gasteiger partial charge in [-0.25, -0.2) is 15.0 Å². The van der Waals surface area contributed by atoms with Crippen LogP contribution in [0.15, 0.2) is 170 Å². The van der Waals surface area contributed by atoms with Crippen molar-refractivity contribution >= 4 is 32.7 Å². The third-order valence-corrected chi connectivity index (χ3v) is 8.82. The van der Waals surface area contributed by atoms with Crippen LogP contribution in [0.4, 0.5) is 0 Å². The molecule has 0 radical (unpaired) electrons. The Balaban J connectivity index is 1.07. The SMILES string of the molecule is c1ccc(-n2c(-c3ccc(-c4ccc(-c5nc(-c6ccc7ccccc7c6)nc6ccccc56)cc4)cc3)nc3ccccc32)cc1. The molecule has 2 aromatic heterocycles. The van der Waals surface area contributed by atoms with Gasteiger partial charge >= 0.3 is 0 Å². The Morgan fingerprint density at radius 1 is 0.383 bits per heavy atom. The fourth-order valence-corrected chi connectivity index (χ4v) is 6.44. The lowest BCUT2D eigenvalue weighted by atomic mass is 9.99. The van der Waals surface area contributed by atoms with Gasteiger partial charge < -0.3 is 0 Å². The molecule has 0 unspecified atom stereocenters. The van der Waals surface area contributed by atoms with Crippen molar-refractivity contribution in [1.29, 1.82) is 0 Å². The van der Waals surface area contributed by atoms with E-state index >= 15 is 0 Å². The number of benzene rings is 7. The van der Waals surface area contributed by atoms with Crippen LogP contribution in [0.5, 0.6) is 0 Å². The quantitative estimate of drug-likeness (QED) is 0.197. The van der Waals surface area contributed by atoms with Crippen LogP contribution in [0.3, 0.4) is 0 Å². The van der Waals surface area contributed by atoms with Crippen molar-refractivity contribution in [2.24, 2.45) is 0 Å². The summed E-state index contributed by atoms with van der Waals surface area (Å²) in [5.41, 5.74) is 10.5. The molecule has 0 aliphatic heterocycles. The normalized spacial score (nSPS) is 11.4. The minimum atomic E-state index is 0.727. The van der Waals surface area contributed by atoms with Gasteiger partial charge in [-0.15, -0.1) is 0 Å². The zero-order valence-corrected chi connectivity index (χ0v) is 25.5. The monoisotopic (exact) mass is 600 g/mol. The zero-order valence-electron chi connectivity index (χ0n) is 25.5. The smallest absolute Gasteiger partial charge is 0.160 e. The van der Waals surface area contributed by atoms with Crippen LogP contribution in [-0.2, 0) is 0 Å². The summed E-state index contributed by atoms with van der Waals surface area (Å²) in [6.45, 7) is 0. The molecule has 47 heavy (non-hydrogen) atoms. The summed E-state index contributed by atoms with van der Waals surface area (Å²) < 4.78 is 2.23. The summed E-state index contributed by atoms with van der Waals surface area (Å²) in [7, 11) is 0. The first kappa shape index (κ1) is 27.0. The lowest BCUT2D eigenvalue weighted by Crippen LogP contribution is -1.97. The molecule has 0 saturated heterocycles. The van der Waals surface area contributed by atoms with Gasteiger partial charge in [-0.05, 0) is 58.3 Å². The van der Waals surface area contributed by atoms with Crippen LogP contribution in [0, 0.1) is 0 Å². The van der Waals surface area contributed by atoms with Crippen molar-refractivity contribution in [2.45, 2.75) is 0 Å². The Morgan fingerprint density at radius 2 is 0.979 bits per heavy atom. The molecule has 9 rings (SSSR count). The topological polar surface area (TPSA) is 43.6 Å². The number of hydrogen-bond acceptors (Lipinski definition) is 3. The van der Waals surface area contributed by atoms with Crippen molar-refractivity contribution in [1.82, 2.24) is 19.5 Å². The van der Waals surface area contributed by atoms with Crippen LogP contribution < -0.4 is 0 Å². The van der Waals surface area contributed by atoms with Crippen molar-refractivity contribution in [2.75, 3.05) is 0 Å². The maximum atomic E-state index is 5.13. The van der Waals surface area contributed by atoms with Crippen molar-refractivity contribution in [3.05, 3.63) is 170 Å². The summed E-state index contributed by atoms with van der Waals surface area (Å²) in [6, 6.07) is 59.1. The minimum absolute atomic E-state index is 0.727. The second-order valence-corrected chi connectivity index (χ2v) is 11.7. The highest BCUT2D eigenvalue weighted by molar-refractivity contribution is 5.95. The highest BCUT2D eigenvalue weighted by Crippen LogP contribution is 2.33. The van der Waals surface area contributed by atoms with Crippen molar-refractivity contribution in [3.63, 3.8) is 0 Å². The molecule has 0 fully saturated rings. The number of fused-ring (bicyclic) bond motifs is 3. The highest BCUT2D eigenvalue weighted by Gasteiger charge is 2.15. The largest absolute Gasteiger partial charge is 0.292 e. The molecule has 0 saturated carbocycles. The summed E-state index contributed by atoms with van der Waals surface area (Å²) in [4.78, 5) is 15.1. The molecule has 0 atom stereocenters. The number of rotatable bonds is 5. The van der Waals surface area contributed by atoms with E-state index in [-0.39, 0.29) is 0 Å². The fourth-order valence-electron chi connectivity index (χ4n) is 6.44. The molecule has 0 aliphatic rings. The molecule has 0 spiro atoms. The molecule has 7 aromatic carbocycles. The summed E-state index contributed by atoms with van der Waals surface area (Å²) in [6.07, 6.45) is 0. The second-order valence-electron chi connectivity index (χ2n) is 11.7. The third kappa shape index (κ3) is 4.84. The maximum Gasteiger partial charge on any atom is 0.160 e. The predicted molar refractivity (Wildman–Crippen MR) is 193 cm³/mol. The van der Waals surface area contributed by atoms with Gasteiger partial charge in [0.05, 0.1) is 22.2 Å². The third-order valence-electron chi connectivity index (χ3n) is 8.82. The molecular weight excluding hydrogens is 573 g/mol. The first-order valence-corrected chi connectivity index (χ1v) is 15.8. The van der Waals surface area contributed by atoms with Crippen LogP contribution in [-0.4, -0.2) is 19.5 Å². The molecule has 220 valence electrons. The number of nitrogens with zero attached hydrogens (tertiary/aromatic N) is 4. The van der Waals surface area contributed by atoms with Crippen LogP contribution in [0.25, 0.3) is 83.6 Å². The van der Waals surface area contributed by atoms with E-state index in [4.69, 9.17) is 15.0 Å². The minimum Gasteiger partial charge on any atom is -0.292 e. The van der Waals surface area contributed by atoms with E-state index in [0.29, 0.717) is 0 Å².